The molecule has 0 atom stereocenters. The molecule has 0 aliphatic rings. The molecule has 0 aromatic heterocycles. The molecular formula is C7H17FIN3. The van der Waals surface area contributed by atoms with Crippen LogP contribution in [0.1, 0.15) is 0 Å². The molecule has 0 aliphatic carbocycles. The second-order valence-electron chi connectivity index (χ2n) is 2.66. The van der Waals surface area contributed by atoms with Gasteiger partial charge in [0.05, 0.1) is 6.54 Å². The van der Waals surface area contributed by atoms with Gasteiger partial charge in [0.2, 0.25) is 0 Å². The summed E-state index contributed by atoms with van der Waals surface area (Å²) in [5.74, 6) is 0.794. The van der Waals surface area contributed by atoms with Crippen LogP contribution in [0, 0.1) is 0 Å². The number of guanidine groups is 1. The van der Waals surface area contributed by atoms with E-state index in [9.17, 15) is 4.39 Å². The van der Waals surface area contributed by atoms with Crippen LogP contribution in [-0.4, -0.2) is 57.2 Å². The number of aliphatic imine (C=N–C) groups is 1. The fourth-order valence-electron chi connectivity index (χ4n) is 0.825. The molecule has 0 aliphatic heterocycles. The van der Waals surface area contributed by atoms with Gasteiger partial charge in [-0.15, -0.1) is 24.0 Å². The fraction of sp³-hybridized carbons (Fsp3) is 0.857. The Morgan fingerprint density at radius 2 is 1.58 bits per heavy atom. The number of hydrogen-bond acceptors (Lipinski definition) is 1. The van der Waals surface area contributed by atoms with Gasteiger partial charge in [-0.1, -0.05) is 0 Å². The van der Waals surface area contributed by atoms with Crippen molar-refractivity contribution in [2.75, 3.05) is 41.4 Å². The minimum absolute atomic E-state index is 0. The summed E-state index contributed by atoms with van der Waals surface area (Å²) in [6.07, 6.45) is 0. The number of rotatable bonds is 2. The summed E-state index contributed by atoms with van der Waals surface area (Å²) in [7, 11) is 7.54. The van der Waals surface area contributed by atoms with E-state index in [-0.39, 0.29) is 30.5 Å². The quantitative estimate of drug-likeness (QED) is 0.430. The van der Waals surface area contributed by atoms with E-state index in [2.05, 4.69) is 4.99 Å². The van der Waals surface area contributed by atoms with Crippen LogP contribution in [-0.2, 0) is 0 Å². The molecule has 0 saturated carbocycles. The highest BCUT2D eigenvalue weighted by Gasteiger charge is 2.02. The van der Waals surface area contributed by atoms with Crippen LogP contribution in [0.2, 0.25) is 0 Å². The molecule has 0 spiro atoms. The number of alkyl halides is 1. The molecule has 0 rings (SSSR count). The standard InChI is InChI=1S/C7H16FN3.HI/c1-10(2)7(11(3)4)9-6-5-8;/h5-6H2,1-4H3;1H. The summed E-state index contributed by atoms with van der Waals surface area (Å²) in [5.41, 5.74) is 0. The largest absolute Gasteiger partial charge is 0.349 e. The lowest BCUT2D eigenvalue weighted by atomic mass is 10.6. The maximum absolute atomic E-state index is 11.7. The molecule has 0 amide bonds. The van der Waals surface area contributed by atoms with Crippen molar-refractivity contribution in [1.82, 2.24) is 9.80 Å². The zero-order valence-corrected chi connectivity index (χ0v) is 10.4. The van der Waals surface area contributed by atoms with Crippen molar-refractivity contribution in [3.8, 4) is 0 Å². The zero-order chi connectivity index (χ0) is 8.85. The molecule has 12 heavy (non-hydrogen) atoms. The van der Waals surface area contributed by atoms with E-state index < -0.39 is 6.67 Å². The molecule has 0 heterocycles. The molecule has 0 aromatic rings. The van der Waals surface area contributed by atoms with E-state index >= 15 is 0 Å². The lowest BCUT2D eigenvalue weighted by Gasteiger charge is -2.22. The van der Waals surface area contributed by atoms with Crippen LogP contribution in [0.5, 0.6) is 0 Å². The third-order valence-corrected chi connectivity index (χ3v) is 1.14. The highest BCUT2D eigenvalue weighted by Crippen LogP contribution is 1.88. The Balaban J connectivity index is 0. The normalized spacial score (nSPS) is 8.42. The summed E-state index contributed by atoms with van der Waals surface area (Å²) < 4.78 is 11.7. The maximum Gasteiger partial charge on any atom is 0.195 e. The zero-order valence-electron chi connectivity index (χ0n) is 8.04. The third kappa shape index (κ3) is 5.56. The highest BCUT2D eigenvalue weighted by atomic mass is 127. The average Bonchev–Trinajstić information content (AvgIpc) is 1.87. The Bertz CT molecular complexity index is 127. The van der Waals surface area contributed by atoms with Gasteiger partial charge in [0.1, 0.15) is 6.67 Å². The highest BCUT2D eigenvalue weighted by molar-refractivity contribution is 14.0. The van der Waals surface area contributed by atoms with Gasteiger partial charge in [-0.3, -0.25) is 4.99 Å². The lowest BCUT2D eigenvalue weighted by molar-refractivity contribution is 0.464. The van der Waals surface area contributed by atoms with Crippen LogP contribution >= 0.6 is 24.0 Å². The Labute approximate surface area is 90.7 Å². The predicted octanol–water partition coefficient (Wildman–Crippen LogP) is 1.05. The predicted molar refractivity (Wildman–Crippen MR) is 61.1 cm³/mol. The van der Waals surface area contributed by atoms with E-state index in [4.69, 9.17) is 0 Å². The number of hydrogen-bond donors (Lipinski definition) is 0. The topological polar surface area (TPSA) is 18.8 Å². The molecule has 0 fully saturated rings. The molecule has 0 saturated heterocycles. The van der Waals surface area contributed by atoms with Crippen molar-refractivity contribution in [2.45, 2.75) is 0 Å². The molecule has 0 bridgehead atoms. The van der Waals surface area contributed by atoms with Crippen LogP contribution < -0.4 is 0 Å². The molecule has 74 valence electrons. The molecule has 3 nitrogen and oxygen atoms in total. The lowest BCUT2D eigenvalue weighted by Crippen LogP contribution is -2.35. The van der Waals surface area contributed by atoms with Gasteiger partial charge < -0.3 is 9.80 Å². The van der Waals surface area contributed by atoms with Crippen molar-refractivity contribution in [2.24, 2.45) is 4.99 Å². The van der Waals surface area contributed by atoms with E-state index in [1.165, 1.54) is 0 Å². The van der Waals surface area contributed by atoms with Crippen molar-refractivity contribution >= 4 is 29.9 Å². The van der Waals surface area contributed by atoms with Gasteiger partial charge in [-0.05, 0) is 0 Å². The first-order chi connectivity index (χ1) is 5.09. The first-order valence-electron chi connectivity index (χ1n) is 3.54. The summed E-state index contributed by atoms with van der Waals surface area (Å²) in [6, 6.07) is 0. The summed E-state index contributed by atoms with van der Waals surface area (Å²) in [5, 5.41) is 0. The van der Waals surface area contributed by atoms with Crippen LogP contribution in [0.3, 0.4) is 0 Å². The van der Waals surface area contributed by atoms with Crippen LogP contribution in [0.4, 0.5) is 4.39 Å². The molecule has 0 radical (unpaired) electrons. The van der Waals surface area contributed by atoms with Gasteiger partial charge in [0, 0.05) is 28.2 Å². The molecule has 0 aromatic carbocycles. The van der Waals surface area contributed by atoms with Crippen molar-refractivity contribution in [3.05, 3.63) is 0 Å². The van der Waals surface area contributed by atoms with E-state index in [1.807, 2.05) is 38.0 Å². The molecule has 0 N–H and O–H groups in total. The van der Waals surface area contributed by atoms with Gasteiger partial charge >= 0.3 is 0 Å². The van der Waals surface area contributed by atoms with Crippen molar-refractivity contribution in [3.63, 3.8) is 0 Å². The van der Waals surface area contributed by atoms with Gasteiger partial charge in [-0.2, -0.15) is 0 Å². The Morgan fingerprint density at radius 1 is 1.17 bits per heavy atom. The molecular weight excluding hydrogens is 272 g/mol. The number of halogens is 2. The van der Waals surface area contributed by atoms with E-state index in [1.54, 1.807) is 0 Å². The van der Waals surface area contributed by atoms with Crippen molar-refractivity contribution < 1.29 is 4.39 Å². The third-order valence-electron chi connectivity index (χ3n) is 1.14. The van der Waals surface area contributed by atoms with Gasteiger partial charge in [-0.25, -0.2) is 4.39 Å². The minimum atomic E-state index is -0.398. The molecule has 5 heteroatoms. The first kappa shape index (κ1) is 14.5. The van der Waals surface area contributed by atoms with Gasteiger partial charge in [0.15, 0.2) is 5.96 Å². The summed E-state index contributed by atoms with van der Waals surface area (Å²) >= 11 is 0. The average molecular weight is 289 g/mol. The minimum Gasteiger partial charge on any atom is -0.349 e. The van der Waals surface area contributed by atoms with Crippen molar-refractivity contribution in [1.29, 1.82) is 0 Å². The number of nitrogens with zero attached hydrogens (tertiary/aromatic N) is 3. The smallest absolute Gasteiger partial charge is 0.195 e. The summed E-state index contributed by atoms with van der Waals surface area (Å²) in [4.78, 5) is 7.75. The Kier molecular flexibility index (Phi) is 9.12. The SMILES string of the molecule is CN(C)C(=NCCF)N(C)C.I. The Morgan fingerprint density at radius 3 is 1.83 bits per heavy atom. The second kappa shape index (κ2) is 7.57. The van der Waals surface area contributed by atoms with Crippen LogP contribution in [0.25, 0.3) is 0 Å². The fourth-order valence-corrected chi connectivity index (χ4v) is 0.825. The maximum atomic E-state index is 11.7. The molecule has 0 unspecified atom stereocenters. The van der Waals surface area contributed by atoms with Crippen LogP contribution in [0.15, 0.2) is 4.99 Å². The second-order valence-corrected chi connectivity index (χ2v) is 2.66. The monoisotopic (exact) mass is 289 g/mol. The summed E-state index contributed by atoms with van der Waals surface area (Å²) in [6.45, 7) is -0.156. The Hall–Kier alpha value is -0.0700. The first-order valence-corrected chi connectivity index (χ1v) is 3.54. The van der Waals surface area contributed by atoms with E-state index in [0.29, 0.717) is 0 Å². The van der Waals surface area contributed by atoms with Gasteiger partial charge in [0.25, 0.3) is 0 Å². The van der Waals surface area contributed by atoms with E-state index in [0.717, 1.165) is 5.96 Å².